The van der Waals surface area contributed by atoms with Gasteiger partial charge in [0, 0.05) is 75.5 Å². The molecule has 3 aliphatic rings. The average Bonchev–Trinajstić information content (AvgIpc) is 3.07. The van der Waals surface area contributed by atoms with Crippen LogP contribution in [0.1, 0.15) is 24.8 Å². The van der Waals surface area contributed by atoms with Crippen molar-refractivity contribution in [2.24, 2.45) is 0 Å². The number of hydrogen-bond donors (Lipinski definition) is 1. The third-order valence-electron chi connectivity index (χ3n) is 8.63. The Morgan fingerprint density at radius 2 is 1.89 bits per heavy atom. The van der Waals surface area contributed by atoms with E-state index in [1.54, 1.807) is 12.1 Å². The summed E-state index contributed by atoms with van der Waals surface area (Å²) in [4.78, 5) is 32.5. The minimum absolute atomic E-state index is 0.00257. The van der Waals surface area contributed by atoms with Crippen molar-refractivity contribution in [1.82, 2.24) is 24.8 Å². The lowest BCUT2D eigenvalue weighted by Crippen LogP contribution is -2.56. The number of benzene rings is 2. The number of carbonyl (C=O) groups is 1. The van der Waals surface area contributed by atoms with Crippen LogP contribution in [0.2, 0.25) is 0 Å². The number of carbonyl (C=O) groups excluding carboxylic acids is 1. The SMILES string of the molecule is C=I[C@@H]1CN(C(=O)CCC#N)CC[C@@H]1Oc1ccc(-c2ncnc(Nc3ccc(N4CCN(C5COC5)CC4)cc3)n2)cc1C#N. The van der Waals surface area contributed by atoms with Crippen molar-refractivity contribution in [3.8, 4) is 29.3 Å². The van der Waals surface area contributed by atoms with Crippen molar-refractivity contribution in [1.29, 1.82) is 10.5 Å². The van der Waals surface area contributed by atoms with Crippen LogP contribution in [0.25, 0.3) is 11.4 Å². The quantitative estimate of drug-likeness (QED) is 0.241. The number of alkyl halides is 1. The lowest BCUT2D eigenvalue weighted by Gasteiger charge is -2.43. The molecule has 2 aromatic carbocycles. The Morgan fingerprint density at radius 1 is 1.09 bits per heavy atom. The standard InChI is InChI=1S/C33H36IN9O3/c1-34-28-19-43(31(44)3-2-11-35)12-10-30(28)46-29-9-4-23(17-24(29)18-36)32-37-22-38-33(40-32)39-25-5-7-26(8-6-25)41-13-15-42(16-14-41)27-20-45-21-27/h4-9,17,22,27-28,30H,1-3,10,12-16,19-21H2,(H,37,38,39,40)/t28-,30+/m1/s1. The summed E-state index contributed by atoms with van der Waals surface area (Å²) in [6, 6.07) is 18.5. The van der Waals surface area contributed by atoms with Crippen LogP contribution in [-0.4, -0.2) is 104 Å². The van der Waals surface area contributed by atoms with Crippen molar-refractivity contribution >= 4 is 48.5 Å². The van der Waals surface area contributed by atoms with E-state index >= 15 is 0 Å². The fraction of sp³-hybridized carbons (Fsp3) is 0.424. The molecule has 238 valence electrons. The van der Waals surface area contributed by atoms with Gasteiger partial charge in [0.05, 0.1) is 34.8 Å². The minimum Gasteiger partial charge on any atom is -0.488 e. The molecule has 3 aliphatic heterocycles. The van der Waals surface area contributed by atoms with Crippen LogP contribution in [0.4, 0.5) is 17.3 Å². The van der Waals surface area contributed by atoms with Gasteiger partial charge in [-0.1, -0.05) is 4.51 Å². The third kappa shape index (κ3) is 7.44. The van der Waals surface area contributed by atoms with Crippen LogP contribution >= 0.6 is 20.7 Å². The molecule has 46 heavy (non-hydrogen) atoms. The van der Waals surface area contributed by atoms with Crippen molar-refractivity contribution < 1.29 is 14.3 Å². The minimum atomic E-state index is -0.469. The number of nitrogens with one attached hydrogen (secondary N) is 1. The van der Waals surface area contributed by atoms with E-state index in [4.69, 9.17) is 14.7 Å². The Kier molecular flexibility index (Phi) is 10.3. The van der Waals surface area contributed by atoms with E-state index in [2.05, 4.69) is 52.8 Å². The van der Waals surface area contributed by atoms with E-state index in [-0.39, 0.29) is 28.8 Å². The number of amides is 1. The van der Waals surface area contributed by atoms with Gasteiger partial charge in [-0.15, -0.1) is 20.7 Å². The normalized spacial score (nSPS) is 20.3. The van der Waals surface area contributed by atoms with Crippen molar-refractivity contribution in [2.75, 3.05) is 62.7 Å². The molecule has 2 atom stereocenters. The van der Waals surface area contributed by atoms with E-state index in [1.807, 2.05) is 29.2 Å². The summed E-state index contributed by atoms with van der Waals surface area (Å²) < 4.78 is 16.0. The monoisotopic (exact) mass is 733 g/mol. The number of aromatic nitrogens is 3. The van der Waals surface area contributed by atoms with Crippen molar-refractivity contribution in [2.45, 2.75) is 35.3 Å². The molecule has 0 spiro atoms. The molecule has 0 unspecified atom stereocenters. The maximum Gasteiger partial charge on any atom is 0.230 e. The van der Waals surface area contributed by atoms with Gasteiger partial charge in [0.15, 0.2) is 5.82 Å². The summed E-state index contributed by atoms with van der Waals surface area (Å²) in [6.07, 6.45) is 2.44. The number of rotatable bonds is 10. The Hall–Kier alpha value is -4.18. The number of hydrogen-bond acceptors (Lipinski definition) is 11. The molecule has 3 saturated heterocycles. The van der Waals surface area contributed by atoms with Crippen LogP contribution in [0.15, 0.2) is 48.8 Å². The maximum absolute atomic E-state index is 12.4. The molecule has 1 amide bonds. The second kappa shape index (κ2) is 14.9. The molecule has 0 bridgehead atoms. The molecule has 3 aromatic rings. The van der Waals surface area contributed by atoms with Gasteiger partial charge in [-0.05, 0) is 42.5 Å². The van der Waals surface area contributed by atoms with Gasteiger partial charge in [0.25, 0.3) is 0 Å². The second-order valence-corrected chi connectivity index (χ2v) is 13.9. The highest BCUT2D eigenvalue weighted by molar-refractivity contribution is 14.2. The second-order valence-electron chi connectivity index (χ2n) is 11.5. The maximum atomic E-state index is 12.4. The van der Waals surface area contributed by atoms with Crippen molar-refractivity contribution in [3.63, 3.8) is 0 Å². The Morgan fingerprint density at radius 3 is 2.59 bits per heavy atom. The van der Waals surface area contributed by atoms with E-state index in [0.29, 0.717) is 54.2 Å². The molecule has 0 radical (unpaired) electrons. The first kappa shape index (κ1) is 31.8. The molecular formula is C33H36IN9O3. The zero-order valence-electron chi connectivity index (χ0n) is 25.5. The van der Waals surface area contributed by atoms with Crippen LogP contribution < -0.4 is 15.0 Å². The van der Waals surface area contributed by atoms with E-state index in [0.717, 1.165) is 45.1 Å². The summed E-state index contributed by atoms with van der Waals surface area (Å²) >= 11 is -0.469. The average molecular weight is 734 g/mol. The first-order valence-electron chi connectivity index (χ1n) is 15.4. The zero-order valence-corrected chi connectivity index (χ0v) is 27.7. The summed E-state index contributed by atoms with van der Waals surface area (Å²) in [5.74, 6) is 1.34. The smallest absolute Gasteiger partial charge is 0.230 e. The Bertz CT molecular complexity index is 1630. The predicted molar refractivity (Wildman–Crippen MR) is 183 cm³/mol. The number of likely N-dealkylation sites (tertiary alicyclic amines) is 1. The van der Waals surface area contributed by atoms with Crippen LogP contribution in [0.3, 0.4) is 0 Å². The van der Waals surface area contributed by atoms with E-state index in [1.165, 1.54) is 12.0 Å². The number of anilines is 3. The molecule has 3 fully saturated rings. The van der Waals surface area contributed by atoms with Gasteiger partial charge in [0.1, 0.15) is 24.3 Å². The number of piperazine rings is 1. The van der Waals surface area contributed by atoms with Crippen LogP contribution in [0, 0.1) is 22.7 Å². The highest BCUT2D eigenvalue weighted by Gasteiger charge is 2.32. The van der Waals surface area contributed by atoms with Gasteiger partial charge >= 0.3 is 0 Å². The first-order valence-corrected chi connectivity index (χ1v) is 18.2. The molecule has 6 rings (SSSR count). The van der Waals surface area contributed by atoms with Crippen LogP contribution in [0.5, 0.6) is 5.75 Å². The fourth-order valence-electron chi connectivity index (χ4n) is 5.89. The Balaban J connectivity index is 1.07. The largest absolute Gasteiger partial charge is 0.488 e. The number of halogens is 1. The Labute approximate surface area is 278 Å². The third-order valence-corrected chi connectivity index (χ3v) is 11.0. The molecule has 1 aromatic heterocycles. The summed E-state index contributed by atoms with van der Waals surface area (Å²) in [5, 5.41) is 22.0. The predicted octanol–water partition coefficient (Wildman–Crippen LogP) is 3.73. The van der Waals surface area contributed by atoms with Gasteiger partial charge < -0.3 is 24.6 Å². The summed E-state index contributed by atoms with van der Waals surface area (Å²) in [5.41, 5.74) is 3.12. The molecule has 0 saturated carbocycles. The fourth-order valence-corrected chi connectivity index (χ4v) is 7.72. The number of nitrogens with zero attached hydrogens (tertiary/aromatic N) is 8. The zero-order chi connectivity index (χ0) is 31.9. The molecule has 0 aliphatic carbocycles. The van der Waals surface area contributed by atoms with Gasteiger partial charge in [-0.2, -0.15) is 15.5 Å². The van der Waals surface area contributed by atoms with Crippen LogP contribution in [-0.2, 0) is 9.53 Å². The highest BCUT2D eigenvalue weighted by Crippen LogP contribution is 2.31. The highest BCUT2D eigenvalue weighted by atomic mass is 127. The van der Waals surface area contributed by atoms with E-state index < -0.39 is 20.7 Å². The molecule has 12 nitrogen and oxygen atoms in total. The first-order chi connectivity index (χ1) is 22.5. The van der Waals surface area contributed by atoms with Gasteiger partial charge in [0.2, 0.25) is 11.9 Å². The molecule has 4 heterocycles. The number of ether oxygens (including phenoxy) is 2. The number of nitriles is 2. The molecular weight excluding hydrogens is 697 g/mol. The summed E-state index contributed by atoms with van der Waals surface area (Å²) in [7, 11) is 0. The lowest BCUT2D eigenvalue weighted by molar-refractivity contribution is -0.132. The molecule has 13 heteroatoms. The topological polar surface area (TPSA) is 144 Å². The van der Waals surface area contributed by atoms with E-state index in [9.17, 15) is 10.1 Å². The lowest BCUT2D eigenvalue weighted by atomic mass is 10.1. The van der Waals surface area contributed by atoms with Crippen molar-refractivity contribution in [3.05, 3.63) is 54.4 Å². The molecule has 1 N–H and O–H groups in total. The van der Waals surface area contributed by atoms with Gasteiger partial charge in [-0.3, -0.25) is 9.69 Å². The number of piperidine rings is 1. The summed E-state index contributed by atoms with van der Waals surface area (Å²) in [6.45, 7) is 6.93. The van der Waals surface area contributed by atoms with Gasteiger partial charge in [-0.25, -0.2) is 9.97 Å².